The zero-order chi connectivity index (χ0) is 5.86. The lowest BCUT2D eigenvalue weighted by molar-refractivity contribution is -0.138. The minimum Gasteiger partial charge on any atom is -0.480 e. The molecule has 0 saturated heterocycles. The van der Waals surface area contributed by atoms with Gasteiger partial charge in [-0.15, -0.1) is 4.91 Å². The normalized spacial score (nSPS) is 12.7. The van der Waals surface area contributed by atoms with E-state index < -0.39 is 12.0 Å². The van der Waals surface area contributed by atoms with E-state index in [-0.39, 0.29) is 0 Å². The minimum atomic E-state index is -1.19. The number of carbonyl (C=O) groups is 1. The number of aliphatic carboxylic acids is 1. The Morgan fingerprint density at radius 2 is 2.29 bits per heavy atom. The summed E-state index contributed by atoms with van der Waals surface area (Å²) >= 11 is 0. The molecule has 4 nitrogen and oxygen atoms in total. The Hall–Kier alpha value is -0.930. The third-order valence-corrected chi connectivity index (χ3v) is 0.516. The topological polar surface area (TPSA) is 66.7 Å². The van der Waals surface area contributed by atoms with Crippen molar-refractivity contribution in [2.75, 3.05) is 0 Å². The molecule has 0 amide bonds. The van der Waals surface area contributed by atoms with Crippen molar-refractivity contribution in [3.05, 3.63) is 4.91 Å². The van der Waals surface area contributed by atoms with Gasteiger partial charge in [-0.3, -0.25) is 0 Å². The SMILES string of the molecule is CC(N=O)C(=O)O. The molecule has 0 rings (SSSR count). The maximum absolute atomic E-state index is 9.64. The van der Waals surface area contributed by atoms with Crippen molar-refractivity contribution in [3.8, 4) is 0 Å². The van der Waals surface area contributed by atoms with Gasteiger partial charge in [-0.25, -0.2) is 4.79 Å². The van der Waals surface area contributed by atoms with Crippen LogP contribution in [0.3, 0.4) is 0 Å². The largest absolute Gasteiger partial charge is 0.480 e. The lowest BCUT2D eigenvalue weighted by Crippen LogP contribution is -2.11. The maximum Gasteiger partial charge on any atom is 0.331 e. The fraction of sp³-hybridized carbons (Fsp3) is 0.667. The van der Waals surface area contributed by atoms with E-state index in [0.29, 0.717) is 0 Å². The van der Waals surface area contributed by atoms with Crippen LogP contribution >= 0.6 is 0 Å². The predicted octanol–water partition coefficient (Wildman–Crippen LogP) is 0.226. The van der Waals surface area contributed by atoms with Gasteiger partial charge in [0.2, 0.25) is 0 Å². The first kappa shape index (κ1) is 6.07. The number of nitrogens with zero attached hydrogens (tertiary/aromatic N) is 1. The van der Waals surface area contributed by atoms with E-state index in [1.54, 1.807) is 0 Å². The summed E-state index contributed by atoms with van der Waals surface area (Å²) in [6.45, 7) is 1.22. The summed E-state index contributed by atoms with van der Waals surface area (Å²) in [6.07, 6.45) is 0. The molecule has 4 heteroatoms. The van der Waals surface area contributed by atoms with Crippen molar-refractivity contribution in [3.63, 3.8) is 0 Å². The highest BCUT2D eigenvalue weighted by Crippen LogP contribution is 1.84. The summed E-state index contributed by atoms with van der Waals surface area (Å²) in [5.41, 5.74) is 0. The monoisotopic (exact) mass is 103 g/mol. The Bertz CT molecular complexity index is 90.2. The smallest absolute Gasteiger partial charge is 0.331 e. The van der Waals surface area contributed by atoms with Crippen LogP contribution in [0.25, 0.3) is 0 Å². The molecule has 40 valence electrons. The third kappa shape index (κ3) is 1.86. The Morgan fingerprint density at radius 3 is 2.29 bits per heavy atom. The molecule has 0 aliphatic carbocycles. The highest BCUT2D eigenvalue weighted by Gasteiger charge is 2.07. The Labute approximate surface area is 40.1 Å². The fourth-order valence-electron chi connectivity index (χ4n) is 0.0451. The van der Waals surface area contributed by atoms with Crippen LogP contribution in [0.2, 0.25) is 0 Å². The Morgan fingerprint density at radius 1 is 1.86 bits per heavy atom. The van der Waals surface area contributed by atoms with Crippen LogP contribution in [0.5, 0.6) is 0 Å². The molecule has 0 bridgehead atoms. The molecule has 0 aliphatic rings. The predicted molar refractivity (Wildman–Crippen MR) is 22.9 cm³/mol. The molecule has 0 aromatic rings. The molecule has 0 radical (unpaired) electrons. The summed E-state index contributed by atoms with van der Waals surface area (Å²) in [4.78, 5) is 19.0. The molecular formula is C3H5NO3. The van der Waals surface area contributed by atoms with Crippen molar-refractivity contribution in [2.24, 2.45) is 5.18 Å². The number of hydrogen-bond acceptors (Lipinski definition) is 3. The molecule has 0 aliphatic heterocycles. The first-order chi connectivity index (χ1) is 3.18. The van der Waals surface area contributed by atoms with Crippen LogP contribution in [0.15, 0.2) is 5.18 Å². The second-order valence-corrected chi connectivity index (χ2v) is 1.12. The van der Waals surface area contributed by atoms with Gasteiger partial charge in [-0.2, -0.15) is 0 Å². The van der Waals surface area contributed by atoms with E-state index in [0.717, 1.165) is 0 Å². The lowest BCUT2D eigenvalue weighted by atomic mass is 10.4. The van der Waals surface area contributed by atoms with Crippen molar-refractivity contribution in [1.82, 2.24) is 0 Å². The summed E-state index contributed by atoms with van der Waals surface area (Å²) in [5, 5.41) is 10.1. The van der Waals surface area contributed by atoms with Gasteiger partial charge in [-0.1, -0.05) is 5.18 Å². The van der Waals surface area contributed by atoms with Gasteiger partial charge in [0.05, 0.1) is 0 Å². The molecule has 0 spiro atoms. The number of carboxylic acids is 1. The molecule has 0 aromatic heterocycles. The van der Waals surface area contributed by atoms with Crippen LogP contribution in [-0.2, 0) is 4.79 Å². The van der Waals surface area contributed by atoms with E-state index in [1.807, 2.05) is 0 Å². The summed E-state index contributed by atoms with van der Waals surface area (Å²) in [5.74, 6) is -1.19. The Kier molecular flexibility index (Phi) is 1.98. The number of nitroso groups, excluding NO2 is 1. The number of hydrogen-bond donors (Lipinski definition) is 1. The summed E-state index contributed by atoms with van der Waals surface area (Å²) in [6, 6.07) is -1.11. The lowest BCUT2D eigenvalue weighted by Gasteiger charge is -1.87. The maximum atomic E-state index is 9.64. The first-order valence-electron chi connectivity index (χ1n) is 1.73. The van der Waals surface area contributed by atoms with Crippen LogP contribution in [0.4, 0.5) is 0 Å². The zero-order valence-corrected chi connectivity index (χ0v) is 3.79. The van der Waals surface area contributed by atoms with Gasteiger partial charge >= 0.3 is 5.97 Å². The fourth-order valence-corrected chi connectivity index (χ4v) is 0.0451. The Balaban J connectivity index is 3.55. The second-order valence-electron chi connectivity index (χ2n) is 1.12. The van der Waals surface area contributed by atoms with Crippen molar-refractivity contribution >= 4 is 5.97 Å². The van der Waals surface area contributed by atoms with Gasteiger partial charge < -0.3 is 5.11 Å². The molecular weight excluding hydrogens is 98.0 g/mol. The highest BCUT2D eigenvalue weighted by atomic mass is 16.4. The number of carboxylic acid groups (broad SMARTS) is 1. The minimum absolute atomic E-state index is 1.11. The molecule has 0 heterocycles. The van der Waals surface area contributed by atoms with E-state index >= 15 is 0 Å². The molecule has 0 fully saturated rings. The standard InChI is InChI=1S/C3H5NO3/c1-2(4-7)3(5)6/h2H,1H3,(H,5,6). The first-order valence-corrected chi connectivity index (χ1v) is 1.73. The van der Waals surface area contributed by atoms with Crippen LogP contribution in [0.1, 0.15) is 6.92 Å². The van der Waals surface area contributed by atoms with Crippen LogP contribution < -0.4 is 0 Å². The molecule has 1 atom stereocenters. The zero-order valence-electron chi connectivity index (χ0n) is 3.79. The van der Waals surface area contributed by atoms with Crippen molar-refractivity contribution < 1.29 is 9.90 Å². The van der Waals surface area contributed by atoms with Gasteiger partial charge in [0.15, 0.2) is 6.04 Å². The van der Waals surface area contributed by atoms with Gasteiger partial charge in [0, 0.05) is 0 Å². The number of rotatable bonds is 2. The molecule has 0 aromatic carbocycles. The van der Waals surface area contributed by atoms with Crippen LogP contribution in [-0.4, -0.2) is 17.1 Å². The van der Waals surface area contributed by atoms with E-state index in [9.17, 15) is 9.70 Å². The van der Waals surface area contributed by atoms with E-state index in [2.05, 4.69) is 5.18 Å². The average Bonchev–Trinajstić information content (AvgIpc) is 1.65. The molecule has 1 N–H and O–H groups in total. The van der Waals surface area contributed by atoms with Gasteiger partial charge in [0.25, 0.3) is 0 Å². The van der Waals surface area contributed by atoms with Crippen molar-refractivity contribution in [1.29, 1.82) is 0 Å². The summed E-state index contributed by atoms with van der Waals surface area (Å²) in [7, 11) is 0. The summed E-state index contributed by atoms with van der Waals surface area (Å²) < 4.78 is 0. The van der Waals surface area contributed by atoms with Gasteiger partial charge in [0.1, 0.15) is 0 Å². The van der Waals surface area contributed by atoms with Gasteiger partial charge in [-0.05, 0) is 6.92 Å². The van der Waals surface area contributed by atoms with Crippen molar-refractivity contribution in [2.45, 2.75) is 13.0 Å². The molecule has 7 heavy (non-hydrogen) atoms. The quantitative estimate of drug-likeness (QED) is 0.508. The highest BCUT2D eigenvalue weighted by molar-refractivity contribution is 5.72. The second kappa shape index (κ2) is 2.28. The van der Waals surface area contributed by atoms with Crippen LogP contribution in [0, 0.1) is 4.91 Å². The molecule has 0 saturated carbocycles. The van der Waals surface area contributed by atoms with E-state index in [4.69, 9.17) is 5.11 Å². The average molecular weight is 103 g/mol. The van der Waals surface area contributed by atoms with E-state index in [1.165, 1.54) is 6.92 Å². The molecule has 1 unspecified atom stereocenters. The third-order valence-electron chi connectivity index (χ3n) is 0.516.